The van der Waals surface area contributed by atoms with E-state index in [1.165, 1.54) is 0 Å². The van der Waals surface area contributed by atoms with Crippen molar-refractivity contribution in [3.8, 4) is 11.5 Å². The van der Waals surface area contributed by atoms with Gasteiger partial charge in [0.25, 0.3) is 5.91 Å². The van der Waals surface area contributed by atoms with E-state index >= 15 is 0 Å². The molecule has 3 aromatic rings. The van der Waals surface area contributed by atoms with Crippen molar-refractivity contribution in [2.75, 3.05) is 32.5 Å². The van der Waals surface area contributed by atoms with Crippen molar-refractivity contribution in [3.05, 3.63) is 72.2 Å². The average molecular weight is 391 g/mol. The lowest BCUT2D eigenvalue weighted by Gasteiger charge is -2.12. The number of anilines is 2. The van der Waals surface area contributed by atoms with Crippen LogP contribution in [0.2, 0.25) is 0 Å². The van der Waals surface area contributed by atoms with Crippen molar-refractivity contribution in [2.45, 2.75) is 6.92 Å². The highest BCUT2D eigenvalue weighted by Crippen LogP contribution is 2.24. The standard InChI is InChI=1S/C22H25N5O2/c1-16-24-20(22(28)23-13-14-27(2)3)15-21(25-16)26-17-9-11-19(12-10-17)29-18-7-5-4-6-8-18/h4-12,15H,13-14H2,1-3H3,(H,23,28)(H,24,25,26). The van der Waals surface area contributed by atoms with Gasteiger partial charge in [0, 0.05) is 24.8 Å². The molecule has 0 atom stereocenters. The molecule has 0 saturated heterocycles. The lowest BCUT2D eigenvalue weighted by atomic mass is 10.3. The highest BCUT2D eigenvalue weighted by Gasteiger charge is 2.10. The van der Waals surface area contributed by atoms with Crippen LogP contribution in [-0.4, -0.2) is 48.0 Å². The number of carbonyl (C=O) groups excluding carboxylic acids is 1. The Morgan fingerprint density at radius 3 is 2.38 bits per heavy atom. The minimum atomic E-state index is -0.216. The summed E-state index contributed by atoms with van der Waals surface area (Å²) in [7, 11) is 3.92. The molecule has 29 heavy (non-hydrogen) atoms. The Bertz CT molecular complexity index is 943. The third-order valence-electron chi connectivity index (χ3n) is 4.02. The molecule has 1 heterocycles. The summed E-state index contributed by atoms with van der Waals surface area (Å²) in [5.74, 6) is 2.39. The lowest BCUT2D eigenvalue weighted by molar-refractivity contribution is 0.0945. The zero-order valence-electron chi connectivity index (χ0n) is 16.8. The molecule has 150 valence electrons. The van der Waals surface area contributed by atoms with Gasteiger partial charge in [0.05, 0.1) is 0 Å². The van der Waals surface area contributed by atoms with Gasteiger partial charge >= 0.3 is 0 Å². The third-order valence-corrected chi connectivity index (χ3v) is 4.02. The minimum Gasteiger partial charge on any atom is -0.457 e. The number of aryl methyl sites for hydroxylation is 1. The van der Waals surface area contributed by atoms with Gasteiger partial charge in [-0.3, -0.25) is 4.79 Å². The van der Waals surface area contributed by atoms with E-state index < -0.39 is 0 Å². The van der Waals surface area contributed by atoms with Crippen molar-refractivity contribution >= 4 is 17.4 Å². The van der Waals surface area contributed by atoms with Gasteiger partial charge in [0.2, 0.25) is 0 Å². The van der Waals surface area contributed by atoms with Crippen LogP contribution >= 0.6 is 0 Å². The molecule has 0 saturated carbocycles. The molecule has 7 heteroatoms. The van der Waals surface area contributed by atoms with Gasteiger partial charge in [-0.2, -0.15) is 0 Å². The molecule has 0 spiro atoms. The van der Waals surface area contributed by atoms with Crippen molar-refractivity contribution in [1.82, 2.24) is 20.2 Å². The molecule has 0 radical (unpaired) electrons. The van der Waals surface area contributed by atoms with E-state index in [1.807, 2.05) is 73.6 Å². The van der Waals surface area contributed by atoms with Crippen molar-refractivity contribution < 1.29 is 9.53 Å². The highest BCUT2D eigenvalue weighted by molar-refractivity contribution is 5.93. The molecule has 2 N–H and O–H groups in total. The largest absolute Gasteiger partial charge is 0.457 e. The van der Waals surface area contributed by atoms with E-state index in [-0.39, 0.29) is 5.91 Å². The molecule has 1 amide bonds. The van der Waals surface area contributed by atoms with Gasteiger partial charge in [0.15, 0.2) is 0 Å². The first kappa shape index (κ1) is 20.3. The van der Waals surface area contributed by atoms with E-state index in [1.54, 1.807) is 13.0 Å². The van der Waals surface area contributed by atoms with Crippen molar-refractivity contribution in [3.63, 3.8) is 0 Å². The highest BCUT2D eigenvalue weighted by atomic mass is 16.5. The molecule has 3 rings (SSSR count). The first-order chi connectivity index (χ1) is 14.0. The molecule has 0 unspecified atom stereocenters. The molecule has 0 aliphatic heterocycles. The Morgan fingerprint density at radius 1 is 1.00 bits per heavy atom. The Balaban J connectivity index is 1.65. The number of nitrogens with one attached hydrogen (secondary N) is 2. The molecule has 0 aliphatic rings. The lowest BCUT2D eigenvalue weighted by Crippen LogP contribution is -2.32. The average Bonchev–Trinajstić information content (AvgIpc) is 2.69. The van der Waals surface area contributed by atoms with Crippen LogP contribution in [0.1, 0.15) is 16.3 Å². The summed E-state index contributed by atoms with van der Waals surface area (Å²) in [6, 6.07) is 18.8. The van der Waals surface area contributed by atoms with E-state index in [0.29, 0.717) is 23.9 Å². The maximum Gasteiger partial charge on any atom is 0.270 e. The molecular weight excluding hydrogens is 366 g/mol. The zero-order chi connectivity index (χ0) is 20.6. The number of benzene rings is 2. The van der Waals surface area contributed by atoms with Crippen LogP contribution in [0.5, 0.6) is 11.5 Å². The van der Waals surface area contributed by atoms with Crippen LogP contribution in [0.4, 0.5) is 11.5 Å². The number of hydrogen-bond donors (Lipinski definition) is 2. The number of aromatic nitrogens is 2. The SMILES string of the molecule is Cc1nc(Nc2ccc(Oc3ccccc3)cc2)cc(C(=O)NCCN(C)C)n1. The Morgan fingerprint density at radius 2 is 1.69 bits per heavy atom. The summed E-state index contributed by atoms with van der Waals surface area (Å²) in [5.41, 5.74) is 1.17. The molecule has 0 bridgehead atoms. The molecular formula is C22H25N5O2. The number of hydrogen-bond acceptors (Lipinski definition) is 6. The normalized spacial score (nSPS) is 10.6. The smallest absolute Gasteiger partial charge is 0.270 e. The number of amides is 1. The number of para-hydroxylation sites is 1. The third kappa shape index (κ3) is 6.29. The summed E-state index contributed by atoms with van der Waals surface area (Å²) >= 11 is 0. The Labute approximate surface area is 170 Å². The molecule has 0 aliphatic carbocycles. The van der Waals surface area contributed by atoms with Crippen LogP contribution in [0.25, 0.3) is 0 Å². The van der Waals surface area contributed by atoms with E-state index in [4.69, 9.17) is 4.74 Å². The quantitative estimate of drug-likeness (QED) is 0.611. The summed E-state index contributed by atoms with van der Waals surface area (Å²) in [4.78, 5) is 22.9. The van der Waals surface area contributed by atoms with Gasteiger partial charge in [-0.1, -0.05) is 18.2 Å². The second-order valence-corrected chi connectivity index (χ2v) is 6.81. The molecule has 2 aromatic carbocycles. The molecule has 7 nitrogen and oxygen atoms in total. The Kier molecular flexibility index (Phi) is 6.76. The van der Waals surface area contributed by atoms with Gasteiger partial charge in [-0.15, -0.1) is 0 Å². The summed E-state index contributed by atoms with van der Waals surface area (Å²) in [6.07, 6.45) is 0. The topological polar surface area (TPSA) is 79.4 Å². The van der Waals surface area contributed by atoms with Gasteiger partial charge < -0.3 is 20.3 Å². The van der Waals surface area contributed by atoms with E-state index in [2.05, 4.69) is 20.6 Å². The molecule has 0 fully saturated rings. The van der Waals surface area contributed by atoms with Crippen LogP contribution in [-0.2, 0) is 0 Å². The van der Waals surface area contributed by atoms with Gasteiger partial charge in [-0.05, 0) is 57.4 Å². The fourth-order valence-electron chi connectivity index (χ4n) is 2.61. The van der Waals surface area contributed by atoms with Crippen molar-refractivity contribution in [2.24, 2.45) is 0 Å². The fourth-order valence-corrected chi connectivity index (χ4v) is 2.61. The van der Waals surface area contributed by atoms with Crippen LogP contribution < -0.4 is 15.4 Å². The number of likely N-dealkylation sites (N-methyl/N-ethyl adjacent to an activating group) is 1. The van der Waals surface area contributed by atoms with Gasteiger partial charge in [-0.25, -0.2) is 9.97 Å². The summed E-state index contributed by atoms with van der Waals surface area (Å²) in [5, 5.41) is 6.07. The van der Waals surface area contributed by atoms with Crippen molar-refractivity contribution in [1.29, 1.82) is 0 Å². The van der Waals surface area contributed by atoms with E-state index in [9.17, 15) is 4.79 Å². The molecule has 1 aromatic heterocycles. The van der Waals surface area contributed by atoms with Crippen LogP contribution in [0.15, 0.2) is 60.7 Å². The Hall–Kier alpha value is -3.45. The monoisotopic (exact) mass is 391 g/mol. The minimum absolute atomic E-state index is 0.216. The number of nitrogens with zero attached hydrogens (tertiary/aromatic N) is 3. The van der Waals surface area contributed by atoms with Crippen LogP contribution in [0, 0.1) is 6.92 Å². The number of rotatable bonds is 8. The van der Waals surface area contributed by atoms with Gasteiger partial charge in [0.1, 0.15) is 28.8 Å². The van der Waals surface area contributed by atoms with Crippen LogP contribution in [0.3, 0.4) is 0 Å². The second-order valence-electron chi connectivity index (χ2n) is 6.81. The fraction of sp³-hybridized carbons (Fsp3) is 0.227. The van der Waals surface area contributed by atoms with E-state index in [0.717, 1.165) is 23.7 Å². The number of carbonyl (C=O) groups is 1. The maximum atomic E-state index is 12.3. The predicted molar refractivity (Wildman–Crippen MR) is 114 cm³/mol. The predicted octanol–water partition coefficient (Wildman–Crippen LogP) is 3.61. The number of ether oxygens (including phenoxy) is 1. The summed E-state index contributed by atoms with van der Waals surface area (Å²) < 4.78 is 5.80. The summed E-state index contributed by atoms with van der Waals surface area (Å²) in [6.45, 7) is 3.08. The second kappa shape index (κ2) is 9.66. The first-order valence-corrected chi connectivity index (χ1v) is 9.38. The zero-order valence-corrected chi connectivity index (χ0v) is 16.8. The first-order valence-electron chi connectivity index (χ1n) is 9.38. The maximum absolute atomic E-state index is 12.3.